The Kier molecular flexibility index (Phi) is 3.60. The Morgan fingerprint density at radius 1 is 1.27 bits per heavy atom. The van der Waals surface area contributed by atoms with Crippen LogP contribution in [0.2, 0.25) is 0 Å². The molecule has 0 bridgehead atoms. The van der Waals surface area contributed by atoms with E-state index in [2.05, 4.69) is 0 Å². The summed E-state index contributed by atoms with van der Waals surface area (Å²) in [5.74, 6) is -3.50. The fraction of sp³-hybridized carbons (Fsp3) is 0.467. The summed E-state index contributed by atoms with van der Waals surface area (Å²) in [6, 6.07) is 2.60. The van der Waals surface area contributed by atoms with E-state index < -0.39 is 28.9 Å². The standard InChI is InChI=1S/C15H15F2NO4/c16-11-3-9(4-12(17)5-11)13(19)18-6-10-7-22-2-1-15(10,8-18)14(20)21/h3-5,10H,1-2,6-8H2,(H,20,21)/t10-,15+/m0/s1. The van der Waals surface area contributed by atoms with Gasteiger partial charge in [0.05, 0.1) is 12.0 Å². The fourth-order valence-electron chi connectivity index (χ4n) is 3.31. The molecule has 1 amide bonds. The minimum absolute atomic E-state index is 0.0350. The molecule has 1 aromatic rings. The van der Waals surface area contributed by atoms with Crippen LogP contribution in [-0.2, 0) is 9.53 Å². The molecule has 0 spiro atoms. The zero-order valence-corrected chi connectivity index (χ0v) is 11.7. The van der Waals surface area contributed by atoms with Crippen molar-refractivity contribution in [2.24, 2.45) is 11.3 Å². The zero-order chi connectivity index (χ0) is 15.9. The van der Waals surface area contributed by atoms with E-state index in [1.54, 1.807) is 0 Å². The number of benzene rings is 1. The average Bonchev–Trinajstić information content (AvgIpc) is 2.86. The highest BCUT2D eigenvalue weighted by molar-refractivity contribution is 5.95. The number of carbonyl (C=O) groups is 2. The lowest BCUT2D eigenvalue weighted by molar-refractivity contribution is -0.157. The van der Waals surface area contributed by atoms with Gasteiger partial charge in [-0.05, 0) is 18.6 Å². The number of carbonyl (C=O) groups excluding carboxylic acids is 1. The smallest absolute Gasteiger partial charge is 0.311 e. The maximum Gasteiger partial charge on any atom is 0.311 e. The van der Waals surface area contributed by atoms with Gasteiger partial charge in [0.25, 0.3) is 5.91 Å². The molecular weight excluding hydrogens is 296 g/mol. The number of aliphatic carboxylic acids is 1. The van der Waals surface area contributed by atoms with Gasteiger partial charge >= 0.3 is 5.97 Å². The molecule has 1 aromatic carbocycles. The molecule has 0 aromatic heterocycles. The minimum atomic E-state index is -1.03. The normalized spacial score (nSPS) is 27.5. The number of nitrogens with zero attached hydrogens (tertiary/aromatic N) is 1. The lowest BCUT2D eigenvalue weighted by Gasteiger charge is -2.33. The summed E-state index contributed by atoms with van der Waals surface area (Å²) in [6.07, 6.45) is 0.328. The van der Waals surface area contributed by atoms with Crippen LogP contribution in [0.5, 0.6) is 0 Å². The van der Waals surface area contributed by atoms with Crippen LogP contribution in [0.15, 0.2) is 18.2 Å². The van der Waals surface area contributed by atoms with Crippen molar-refractivity contribution < 1.29 is 28.2 Å². The summed E-state index contributed by atoms with van der Waals surface area (Å²) < 4.78 is 31.8. The van der Waals surface area contributed by atoms with E-state index >= 15 is 0 Å². The van der Waals surface area contributed by atoms with Crippen LogP contribution in [0.3, 0.4) is 0 Å². The maximum atomic E-state index is 13.2. The van der Waals surface area contributed by atoms with Crippen molar-refractivity contribution in [1.82, 2.24) is 4.90 Å². The van der Waals surface area contributed by atoms with Gasteiger partial charge in [0.15, 0.2) is 0 Å². The molecule has 118 valence electrons. The number of ether oxygens (including phenoxy) is 1. The van der Waals surface area contributed by atoms with Crippen LogP contribution in [-0.4, -0.2) is 48.2 Å². The fourth-order valence-corrected chi connectivity index (χ4v) is 3.31. The lowest BCUT2D eigenvalue weighted by Crippen LogP contribution is -2.45. The number of likely N-dealkylation sites (tertiary alicyclic amines) is 1. The van der Waals surface area contributed by atoms with E-state index in [9.17, 15) is 23.5 Å². The van der Waals surface area contributed by atoms with Gasteiger partial charge in [-0.3, -0.25) is 9.59 Å². The average molecular weight is 311 g/mol. The van der Waals surface area contributed by atoms with E-state index in [-0.39, 0.29) is 31.2 Å². The molecule has 7 heteroatoms. The van der Waals surface area contributed by atoms with Crippen molar-refractivity contribution >= 4 is 11.9 Å². The summed E-state index contributed by atoms with van der Waals surface area (Å²) >= 11 is 0. The predicted octanol–water partition coefficient (Wildman–Crippen LogP) is 1.53. The molecule has 2 atom stereocenters. The number of hydrogen-bond acceptors (Lipinski definition) is 3. The van der Waals surface area contributed by atoms with E-state index in [1.165, 1.54) is 4.90 Å². The van der Waals surface area contributed by atoms with Gasteiger partial charge in [0.2, 0.25) is 0 Å². The summed E-state index contributed by atoms with van der Waals surface area (Å²) in [5, 5.41) is 9.54. The second kappa shape index (κ2) is 5.31. The third kappa shape index (κ3) is 2.35. The first-order valence-corrected chi connectivity index (χ1v) is 6.99. The van der Waals surface area contributed by atoms with Gasteiger partial charge in [-0.15, -0.1) is 0 Å². The molecule has 2 aliphatic heterocycles. The first-order valence-electron chi connectivity index (χ1n) is 6.99. The molecule has 0 radical (unpaired) electrons. The van der Waals surface area contributed by atoms with Crippen molar-refractivity contribution in [3.63, 3.8) is 0 Å². The number of fused-ring (bicyclic) bond motifs is 1. The Labute approximate surface area is 125 Å². The van der Waals surface area contributed by atoms with Crippen LogP contribution < -0.4 is 0 Å². The molecule has 0 saturated carbocycles. The van der Waals surface area contributed by atoms with E-state index in [0.717, 1.165) is 12.1 Å². The topological polar surface area (TPSA) is 66.8 Å². The van der Waals surface area contributed by atoms with Gasteiger partial charge in [-0.25, -0.2) is 8.78 Å². The first-order chi connectivity index (χ1) is 10.4. The number of halogens is 2. The Hall–Kier alpha value is -2.02. The Bertz CT molecular complexity index is 616. The highest BCUT2D eigenvalue weighted by Crippen LogP contribution is 2.42. The summed E-state index contributed by atoms with van der Waals surface area (Å²) in [7, 11) is 0. The van der Waals surface area contributed by atoms with Crippen LogP contribution in [0.25, 0.3) is 0 Å². The molecule has 3 rings (SSSR count). The van der Waals surface area contributed by atoms with Gasteiger partial charge in [0, 0.05) is 37.2 Å². The Balaban J connectivity index is 1.87. The van der Waals surface area contributed by atoms with Crippen LogP contribution in [0.4, 0.5) is 8.78 Å². The predicted molar refractivity (Wildman–Crippen MR) is 71.3 cm³/mol. The second-order valence-electron chi connectivity index (χ2n) is 5.83. The Morgan fingerprint density at radius 2 is 1.95 bits per heavy atom. The second-order valence-corrected chi connectivity index (χ2v) is 5.83. The quantitative estimate of drug-likeness (QED) is 0.899. The van der Waals surface area contributed by atoms with Crippen LogP contribution in [0.1, 0.15) is 16.8 Å². The summed E-state index contributed by atoms with van der Waals surface area (Å²) in [5.41, 5.74) is -1.14. The molecule has 2 saturated heterocycles. The van der Waals surface area contributed by atoms with Crippen molar-refractivity contribution in [1.29, 1.82) is 0 Å². The van der Waals surface area contributed by atoms with Crippen LogP contribution >= 0.6 is 0 Å². The van der Waals surface area contributed by atoms with Gasteiger partial charge in [0.1, 0.15) is 11.6 Å². The third-order valence-electron chi connectivity index (χ3n) is 4.53. The van der Waals surface area contributed by atoms with Gasteiger partial charge in [-0.2, -0.15) is 0 Å². The zero-order valence-electron chi connectivity index (χ0n) is 11.7. The van der Waals surface area contributed by atoms with Gasteiger partial charge in [-0.1, -0.05) is 0 Å². The minimum Gasteiger partial charge on any atom is -0.481 e. The number of hydrogen-bond donors (Lipinski definition) is 1. The molecule has 1 N–H and O–H groups in total. The number of rotatable bonds is 2. The molecule has 2 aliphatic rings. The largest absolute Gasteiger partial charge is 0.481 e. The molecule has 2 heterocycles. The molecule has 0 unspecified atom stereocenters. The van der Waals surface area contributed by atoms with Gasteiger partial charge < -0.3 is 14.7 Å². The van der Waals surface area contributed by atoms with E-state index in [0.29, 0.717) is 19.1 Å². The number of carboxylic acid groups (broad SMARTS) is 1. The molecule has 0 aliphatic carbocycles. The molecule has 2 fully saturated rings. The Morgan fingerprint density at radius 3 is 2.55 bits per heavy atom. The SMILES string of the molecule is O=C(c1cc(F)cc(F)c1)N1C[C@H]2COCC[C@@]2(C(=O)O)C1. The molecule has 22 heavy (non-hydrogen) atoms. The maximum absolute atomic E-state index is 13.2. The third-order valence-corrected chi connectivity index (χ3v) is 4.53. The van der Waals surface area contributed by atoms with Crippen molar-refractivity contribution in [2.75, 3.05) is 26.3 Å². The number of carboxylic acids is 1. The van der Waals surface area contributed by atoms with Crippen molar-refractivity contribution in [3.8, 4) is 0 Å². The summed E-state index contributed by atoms with van der Waals surface area (Å²) in [4.78, 5) is 25.4. The molecular formula is C15H15F2NO4. The highest BCUT2D eigenvalue weighted by atomic mass is 19.1. The highest BCUT2D eigenvalue weighted by Gasteiger charge is 2.54. The monoisotopic (exact) mass is 311 g/mol. The first kappa shape index (κ1) is 14.9. The summed E-state index contributed by atoms with van der Waals surface area (Å²) in [6.45, 7) is 0.851. The molecule has 5 nitrogen and oxygen atoms in total. The van der Waals surface area contributed by atoms with Crippen molar-refractivity contribution in [2.45, 2.75) is 6.42 Å². The van der Waals surface area contributed by atoms with Crippen LogP contribution in [0, 0.1) is 23.0 Å². The van der Waals surface area contributed by atoms with E-state index in [1.807, 2.05) is 0 Å². The lowest BCUT2D eigenvalue weighted by atomic mass is 9.74. The van der Waals surface area contributed by atoms with Crippen molar-refractivity contribution in [3.05, 3.63) is 35.4 Å². The van der Waals surface area contributed by atoms with E-state index in [4.69, 9.17) is 4.74 Å². The number of amides is 1.